The van der Waals surface area contributed by atoms with Gasteiger partial charge < -0.3 is 0 Å². The van der Waals surface area contributed by atoms with Gasteiger partial charge in [0.1, 0.15) is 0 Å². The van der Waals surface area contributed by atoms with E-state index in [-0.39, 0.29) is 4.87 Å². The first kappa shape index (κ1) is 10.6. The summed E-state index contributed by atoms with van der Waals surface area (Å²) in [5, 5.41) is 0. The zero-order chi connectivity index (χ0) is 8.04. The van der Waals surface area contributed by atoms with Crippen LogP contribution < -0.4 is 0 Å². The van der Waals surface area contributed by atoms with E-state index in [2.05, 4.69) is 13.8 Å². The van der Waals surface area contributed by atoms with E-state index in [0.717, 1.165) is 18.7 Å². The molecule has 0 aromatic rings. The lowest BCUT2D eigenvalue weighted by atomic mass is 10.1. The van der Waals surface area contributed by atoms with Crippen LogP contribution in [0.2, 0.25) is 0 Å². The van der Waals surface area contributed by atoms with E-state index < -0.39 is 0 Å². The molecule has 0 aliphatic rings. The third-order valence-corrected chi connectivity index (χ3v) is 1.86. The fourth-order valence-corrected chi connectivity index (χ4v) is 1.14. The van der Waals surface area contributed by atoms with E-state index in [1.165, 1.54) is 12.8 Å². The van der Waals surface area contributed by atoms with Crippen molar-refractivity contribution >= 4 is 23.2 Å². The van der Waals surface area contributed by atoms with E-state index in [0.29, 0.717) is 0 Å². The van der Waals surface area contributed by atoms with Gasteiger partial charge in [-0.15, -0.1) is 23.2 Å². The van der Waals surface area contributed by atoms with Crippen LogP contribution in [0.1, 0.15) is 39.5 Å². The Kier molecular flexibility index (Phi) is 5.56. The van der Waals surface area contributed by atoms with Crippen LogP contribution in [0.15, 0.2) is 0 Å². The molecule has 0 rings (SSSR count). The minimum absolute atomic E-state index is 0.0215. The summed E-state index contributed by atoms with van der Waals surface area (Å²) in [7, 11) is 0. The lowest BCUT2D eigenvalue weighted by Gasteiger charge is -2.14. The van der Waals surface area contributed by atoms with Gasteiger partial charge in [0.15, 0.2) is 0 Å². The molecule has 0 bridgehead atoms. The molecule has 0 amide bonds. The maximum absolute atomic E-state index is 5.98. The molecule has 0 fully saturated rings. The summed E-state index contributed by atoms with van der Waals surface area (Å²) in [4.78, 5) is -0.0215. The second-order valence-electron chi connectivity index (χ2n) is 3.22. The summed E-state index contributed by atoms with van der Waals surface area (Å²) in [6.45, 7) is 4.10. The van der Waals surface area contributed by atoms with Gasteiger partial charge in [-0.2, -0.15) is 0 Å². The molecule has 0 N–H and O–H groups in total. The highest BCUT2D eigenvalue weighted by atomic mass is 35.5. The fourth-order valence-electron chi connectivity index (χ4n) is 0.817. The number of rotatable bonds is 5. The monoisotopic (exact) mass is 182 g/mol. The normalized spacial score (nSPS) is 12.0. The Labute approximate surface area is 73.9 Å². The summed E-state index contributed by atoms with van der Waals surface area (Å²) >= 11 is 11.5. The number of alkyl halides is 2. The summed E-state index contributed by atoms with van der Waals surface area (Å²) in [6, 6.07) is 0. The van der Waals surface area contributed by atoms with E-state index in [1.807, 2.05) is 0 Å². The number of unbranched alkanes of at least 4 members (excludes halogenated alkanes) is 2. The minimum Gasteiger partial charge on any atom is -0.127 e. The van der Waals surface area contributed by atoms with Crippen molar-refractivity contribution in [1.82, 2.24) is 0 Å². The summed E-state index contributed by atoms with van der Waals surface area (Å²) in [5.41, 5.74) is 0. The molecular weight excluding hydrogens is 167 g/mol. The van der Waals surface area contributed by atoms with Crippen molar-refractivity contribution in [2.45, 2.75) is 44.4 Å². The van der Waals surface area contributed by atoms with Gasteiger partial charge in [-0.3, -0.25) is 0 Å². The molecule has 0 atom stereocenters. The van der Waals surface area contributed by atoms with Gasteiger partial charge in [0.25, 0.3) is 0 Å². The van der Waals surface area contributed by atoms with Crippen molar-refractivity contribution in [1.29, 1.82) is 0 Å². The van der Waals surface area contributed by atoms with E-state index in [1.54, 1.807) is 0 Å². The molecule has 0 heterocycles. The Bertz CT molecular complexity index is 73.8. The third-order valence-electron chi connectivity index (χ3n) is 1.40. The average Bonchev–Trinajstić information content (AvgIpc) is 1.78. The maximum Gasteiger partial charge on any atom is 0.0390 e. The Morgan fingerprint density at radius 1 is 1.10 bits per heavy atom. The number of hydrogen-bond donors (Lipinski definition) is 0. The lowest BCUT2D eigenvalue weighted by Crippen LogP contribution is -2.08. The fraction of sp³-hybridized carbons (Fsp3) is 1.00. The molecular formula is C8H16Cl2. The van der Waals surface area contributed by atoms with Crippen molar-refractivity contribution in [3.05, 3.63) is 0 Å². The van der Waals surface area contributed by atoms with Gasteiger partial charge in [-0.25, -0.2) is 0 Å². The number of halogens is 2. The molecule has 0 saturated heterocycles. The van der Waals surface area contributed by atoms with Crippen molar-refractivity contribution < 1.29 is 0 Å². The molecule has 0 unspecified atom stereocenters. The second-order valence-corrected chi connectivity index (χ2v) is 4.62. The Morgan fingerprint density at radius 3 is 2.10 bits per heavy atom. The largest absolute Gasteiger partial charge is 0.127 e. The predicted molar refractivity (Wildman–Crippen MR) is 49.1 cm³/mol. The zero-order valence-corrected chi connectivity index (χ0v) is 8.30. The molecule has 0 aromatic carbocycles. The van der Waals surface area contributed by atoms with Crippen molar-refractivity contribution in [3.8, 4) is 0 Å². The maximum atomic E-state index is 5.98. The molecule has 10 heavy (non-hydrogen) atoms. The predicted octanol–water partition coefficient (Wildman–Crippen LogP) is 3.80. The molecule has 0 aliphatic carbocycles. The third kappa shape index (κ3) is 8.58. The highest BCUT2D eigenvalue weighted by molar-refractivity contribution is 6.23. The lowest BCUT2D eigenvalue weighted by molar-refractivity contribution is 0.566. The first-order valence-corrected chi connectivity index (χ1v) is 4.72. The molecule has 0 nitrogen and oxygen atoms in total. The van der Waals surface area contributed by atoms with Gasteiger partial charge in [-0.05, 0) is 26.7 Å². The van der Waals surface area contributed by atoms with Crippen molar-refractivity contribution in [3.63, 3.8) is 0 Å². The van der Waals surface area contributed by atoms with Crippen LogP contribution in [-0.4, -0.2) is 10.8 Å². The van der Waals surface area contributed by atoms with Crippen molar-refractivity contribution in [2.75, 3.05) is 5.88 Å². The van der Waals surface area contributed by atoms with Crippen LogP contribution in [0.4, 0.5) is 0 Å². The molecule has 0 aliphatic heterocycles. The number of hydrogen-bond acceptors (Lipinski definition) is 0. The van der Waals surface area contributed by atoms with Gasteiger partial charge in [-0.1, -0.05) is 12.8 Å². The van der Waals surface area contributed by atoms with Crippen molar-refractivity contribution in [2.24, 2.45) is 0 Å². The highest BCUT2D eigenvalue weighted by Gasteiger charge is 2.11. The van der Waals surface area contributed by atoms with Gasteiger partial charge >= 0.3 is 0 Å². The summed E-state index contributed by atoms with van der Waals surface area (Å²) < 4.78 is 0. The molecule has 0 spiro atoms. The van der Waals surface area contributed by atoms with Crippen LogP contribution >= 0.6 is 23.2 Å². The molecule has 62 valence electrons. The average molecular weight is 183 g/mol. The van der Waals surface area contributed by atoms with E-state index in [9.17, 15) is 0 Å². The summed E-state index contributed by atoms with van der Waals surface area (Å²) in [5.74, 6) is 0.780. The zero-order valence-electron chi connectivity index (χ0n) is 6.79. The smallest absolute Gasteiger partial charge is 0.0390 e. The molecule has 2 heteroatoms. The second kappa shape index (κ2) is 5.26. The van der Waals surface area contributed by atoms with Gasteiger partial charge in [0.05, 0.1) is 0 Å². The topological polar surface area (TPSA) is 0 Å². The van der Waals surface area contributed by atoms with E-state index >= 15 is 0 Å². The summed E-state index contributed by atoms with van der Waals surface area (Å²) in [6.07, 6.45) is 4.61. The van der Waals surface area contributed by atoms with Crippen LogP contribution in [0, 0.1) is 0 Å². The first-order chi connectivity index (χ1) is 4.56. The van der Waals surface area contributed by atoms with Crippen LogP contribution in [0.5, 0.6) is 0 Å². The van der Waals surface area contributed by atoms with E-state index in [4.69, 9.17) is 23.2 Å². The van der Waals surface area contributed by atoms with Crippen LogP contribution in [0.3, 0.4) is 0 Å². The Morgan fingerprint density at radius 2 is 1.70 bits per heavy atom. The van der Waals surface area contributed by atoms with Gasteiger partial charge in [0.2, 0.25) is 0 Å². The Hall–Kier alpha value is 0.580. The minimum atomic E-state index is -0.0215. The first-order valence-electron chi connectivity index (χ1n) is 3.81. The molecule has 0 radical (unpaired) electrons. The van der Waals surface area contributed by atoms with Crippen LogP contribution in [-0.2, 0) is 0 Å². The molecule has 0 aromatic heterocycles. The Balaban J connectivity index is 3.04. The molecule has 0 saturated carbocycles. The highest BCUT2D eigenvalue weighted by Crippen LogP contribution is 2.20. The van der Waals surface area contributed by atoms with Gasteiger partial charge in [0, 0.05) is 10.8 Å². The standard InChI is InChI=1S/C8H16Cl2/c1-8(2,10)6-4-3-5-7-9/h3-7H2,1-2H3. The van der Waals surface area contributed by atoms with Crippen LogP contribution in [0.25, 0.3) is 0 Å². The SMILES string of the molecule is CC(C)(Cl)CCCCCCl. The quantitative estimate of drug-likeness (QED) is 0.449.